The molecule has 43 heavy (non-hydrogen) atoms. The fraction of sp³-hybridized carbons (Fsp3) is 0.429. The number of aromatic hydroxyl groups is 2. The number of rotatable bonds is 8. The van der Waals surface area contributed by atoms with E-state index in [9.17, 15) is 19.8 Å². The lowest BCUT2D eigenvalue weighted by atomic mass is 9.66. The van der Waals surface area contributed by atoms with E-state index in [0.29, 0.717) is 43.6 Å². The van der Waals surface area contributed by atoms with Crippen LogP contribution in [0.5, 0.6) is 23.0 Å². The van der Waals surface area contributed by atoms with E-state index in [4.69, 9.17) is 18.9 Å². The molecule has 2 aliphatic carbocycles. The van der Waals surface area contributed by atoms with Crippen LogP contribution >= 0.6 is 0 Å². The van der Waals surface area contributed by atoms with E-state index >= 15 is 0 Å². The van der Waals surface area contributed by atoms with Crippen LogP contribution in [0, 0.1) is 11.8 Å². The second kappa shape index (κ2) is 13.4. The molecule has 0 spiro atoms. The SMILES string of the molecule is COc1cc([C@@H]2C[C@H](OC(=O)CCc3ccccc3)C[C@H](OC(C)=O)[C@H]3Cc4cc(OC)c(O)cc4C[C@@H]3C2)ccc1O. The van der Waals surface area contributed by atoms with Crippen LogP contribution in [0.25, 0.3) is 0 Å². The quantitative estimate of drug-likeness (QED) is 0.314. The molecule has 8 heteroatoms. The first kappa shape index (κ1) is 30.3. The van der Waals surface area contributed by atoms with Gasteiger partial charge in [-0.05, 0) is 90.5 Å². The highest BCUT2D eigenvalue weighted by Crippen LogP contribution is 2.46. The maximum absolute atomic E-state index is 13.1. The molecule has 0 bridgehead atoms. The Morgan fingerprint density at radius 3 is 2.26 bits per heavy atom. The number of hydrogen-bond donors (Lipinski definition) is 2. The summed E-state index contributed by atoms with van der Waals surface area (Å²) in [5.74, 6) is 0.385. The summed E-state index contributed by atoms with van der Waals surface area (Å²) in [5.41, 5.74) is 4.14. The van der Waals surface area contributed by atoms with Crippen molar-refractivity contribution in [1.82, 2.24) is 0 Å². The molecular weight excluding hydrogens is 548 g/mol. The van der Waals surface area contributed by atoms with Gasteiger partial charge in [-0.1, -0.05) is 36.4 Å². The van der Waals surface area contributed by atoms with Crippen molar-refractivity contribution in [3.8, 4) is 23.0 Å². The molecule has 8 nitrogen and oxygen atoms in total. The van der Waals surface area contributed by atoms with Gasteiger partial charge in [-0.2, -0.15) is 0 Å². The molecule has 1 fully saturated rings. The van der Waals surface area contributed by atoms with Gasteiger partial charge < -0.3 is 29.2 Å². The number of phenols is 2. The number of phenolic OH excluding ortho intramolecular Hbond substituents is 2. The van der Waals surface area contributed by atoms with Crippen LogP contribution < -0.4 is 9.47 Å². The first-order chi connectivity index (χ1) is 20.7. The summed E-state index contributed by atoms with van der Waals surface area (Å²) >= 11 is 0. The lowest BCUT2D eigenvalue weighted by molar-refractivity contribution is -0.160. The van der Waals surface area contributed by atoms with Crippen molar-refractivity contribution < 1.29 is 38.7 Å². The summed E-state index contributed by atoms with van der Waals surface area (Å²) in [4.78, 5) is 25.5. The van der Waals surface area contributed by atoms with E-state index in [1.54, 1.807) is 12.1 Å². The number of esters is 2. The van der Waals surface area contributed by atoms with E-state index in [2.05, 4.69) is 0 Å². The zero-order valence-electron chi connectivity index (χ0n) is 25.0. The lowest BCUT2D eigenvalue weighted by Crippen LogP contribution is -2.43. The van der Waals surface area contributed by atoms with E-state index in [-0.39, 0.29) is 47.6 Å². The summed E-state index contributed by atoms with van der Waals surface area (Å²) < 4.78 is 22.9. The third-order valence-corrected chi connectivity index (χ3v) is 8.90. The van der Waals surface area contributed by atoms with Crippen molar-refractivity contribution in [2.45, 2.75) is 70.0 Å². The number of fused-ring (bicyclic) bond motifs is 2. The first-order valence-electron chi connectivity index (χ1n) is 14.9. The minimum Gasteiger partial charge on any atom is -0.504 e. The zero-order valence-corrected chi connectivity index (χ0v) is 25.0. The van der Waals surface area contributed by atoms with Gasteiger partial charge in [-0.15, -0.1) is 0 Å². The second-order valence-corrected chi connectivity index (χ2v) is 11.7. The molecule has 0 amide bonds. The van der Waals surface area contributed by atoms with Crippen LogP contribution in [0.1, 0.15) is 60.8 Å². The summed E-state index contributed by atoms with van der Waals surface area (Å²) in [6.07, 6.45) is 2.89. The molecule has 0 radical (unpaired) electrons. The Morgan fingerprint density at radius 2 is 1.53 bits per heavy atom. The number of carbonyl (C=O) groups excluding carboxylic acids is 2. The average molecular weight is 589 g/mol. The van der Waals surface area contributed by atoms with Gasteiger partial charge in [0, 0.05) is 25.7 Å². The Bertz CT molecular complexity index is 1440. The predicted molar refractivity (Wildman–Crippen MR) is 160 cm³/mol. The minimum atomic E-state index is -0.478. The summed E-state index contributed by atoms with van der Waals surface area (Å²) in [6, 6.07) is 18.8. The highest BCUT2D eigenvalue weighted by Gasteiger charge is 2.42. The smallest absolute Gasteiger partial charge is 0.306 e. The number of carbonyl (C=O) groups is 2. The average Bonchev–Trinajstić information content (AvgIpc) is 2.98. The van der Waals surface area contributed by atoms with Crippen LogP contribution in [0.3, 0.4) is 0 Å². The molecule has 0 unspecified atom stereocenters. The Kier molecular flexibility index (Phi) is 9.43. The summed E-state index contributed by atoms with van der Waals surface area (Å²) in [5, 5.41) is 20.8. The van der Waals surface area contributed by atoms with Crippen molar-refractivity contribution in [2.75, 3.05) is 14.2 Å². The number of hydrogen-bond acceptors (Lipinski definition) is 8. The van der Waals surface area contributed by atoms with Gasteiger partial charge >= 0.3 is 11.9 Å². The van der Waals surface area contributed by atoms with Gasteiger partial charge in [0.25, 0.3) is 0 Å². The van der Waals surface area contributed by atoms with Crippen molar-refractivity contribution in [3.63, 3.8) is 0 Å². The topological polar surface area (TPSA) is 112 Å². The molecule has 5 rings (SSSR count). The molecule has 0 aliphatic heterocycles. The van der Waals surface area contributed by atoms with Crippen LogP contribution in [-0.2, 0) is 38.3 Å². The van der Waals surface area contributed by atoms with Crippen molar-refractivity contribution in [3.05, 3.63) is 82.9 Å². The molecule has 2 aliphatic rings. The number of benzene rings is 3. The largest absolute Gasteiger partial charge is 0.504 e. The third-order valence-electron chi connectivity index (χ3n) is 8.90. The second-order valence-electron chi connectivity index (χ2n) is 11.7. The predicted octanol–water partition coefficient (Wildman–Crippen LogP) is 5.89. The Labute approximate surface area is 252 Å². The zero-order chi connectivity index (χ0) is 30.5. The molecule has 2 N–H and O–H groups in total. The highest BCUT2D eigenvalue weighted by atomic mass is 16.6. The fourth-order valence-corrected chi connectivity index (χ4v) is 6.86. The molecular formula is C35H40O8. The van der Waals surface area contributed by atoms with Gasteiger partial charge in [0.1, 0.15) is 12.2 Å². The molecule has 3 aromatic rings. The van der Waals surface area contributed by atoms with Crippen molar-refractivity contribution in [2.24, 2.45) is 11.8 Å². The Hall–Kier alpha value is -4.20. The number of aryl methyl sites for hydroxylation is 1. The molecule has 0 heterocycles. The van der Waals surface area contributed by atoms with E-state index in [1.165, 1.54) is 21.1 Å². The maximum Gasteiger partial charge on any atom is 0.306 e. The molecule has 5 atom stereocenters. The summed E-state index contributed by atoms with van der Waals surface area (Å²) in [7, 11) is 3.05. The van der Waals surface area contributed by atoms with Crippen LogP contribution in [0.15, 0.2) is 60.7 Å². The number of ether oxygens (including phenoxy) is 4. The summed E-state index contributed by atoms with van der Waals surface area (Å²) in [6.45, 7) is 1.41. The van der Waals surface area contributed by atoms with E-state index < -0.39 is 12.2 Å². The molecule has 228 valence electrons. The molecule has 0 saturated heterocycles. The molecule has 3 aromatic carbocycles. The van der Waals surface area contributed by atoms with Gasteiger partial charge in [0.2, 0.25) is 0 Å². The van der Waals surface area contributed by atoms with Crippen LogP contribution in [0.4, 0.5) is 0 Å². The van der Waals surface area contributed by atoms with E-state index in [1.807, 2.05) is 48.5 Å². The Balaban J connectivity index is 1.47. The highest BCUT2D eigenvalue weighted by molar-refractivity contribution is 5.70. The Morgan fingerprint density at radius 1 is 0.814 bits per heavy atom. The van der Waals surface area contributed by atoms with Gasteiger partial charge in [-0.3, -0.25) is 9.59 Å². The standard InChI is InChI=1S/C35H40O8/c1-21(36)42-32-20-28(43-35(39)12-9-22-7-5-4-6-8-22)15-24(23-10-11-30(37)33(18-23)40-2)13-27-14-25-17-31(38)34(41-3)19-26(25)16-29(27)32/h4-8,10-11,17-19,24,27-29,32,37-38H,9,12-16,20H2,1-3H3/t24-,27-,28-,29-,32-/m0/s1. The number of methoxy groups -OCH3 is 2. The fourth-order valence-electron chi connectivity index (χ4n) is 6.86. The molecule has 1 saturated carbocycles. The lowest BCUT2D eigenvalue weighted by Gasteiger charge is -2.43. The molecule has 0 aromatic heterocycles. The minimum absolute atomic E-state index is 0.0133. The maximum atomic E-state index is 13.1. The van der Waals surface area contributed by atoms with Crippen LogP contribution in [-0.4, -0.2) is 48.6 Å². The van der Waals surface area contributed by atoms with Gasteiger partial charge in [-0.25, -0.2) is 0 Å². The van der Waals surface area contributed by atoms with Gasteiger partial charge in [0.05, 0.1) is 14.2 Å². The van der Waals surface area contributed by atoms with Crippen molar-refractivity contribution in [1.29, 1.82) is 0 Å². The third kappa shape index (κ3) is 7.24. The normalized spacial score (nSPS) is 23.1. The van der Waals surface area contributed by atoms with E-state index in [0.717, 1.165) is 28.7 Å². The van der Waals surface area contributed by atoms with Crippen molar-refractivity contribution >= 4 is 11.9 Å². The van der Waals surface area contributed by atoms with Crippen LogP contribution in [0.2, 0.25) is 0 Å². The monoisotopic (exact) mass is 588 g/mol. The first-order valence-corrected chi connectivity index (χ1v) is 14.9. The van der Waals surface area contributed by atoms with Gasteiger partial charge in [0.15, 0.2) is 23.0 Å².